The predicted octanol–water partition coefficient (Wildman–Crippen LogP) is 0.653. The van der Waals surface area contributed by atoms with Crippen LogP contribution < -0.4 is 0 Å². The van der Waals surface area contributed by atoms with Crippen LogP contribution in [0.25, 0.3) is 0 Å². The van der Waals surface area contributed by atoms with E-state index in [0.717, 1.165) is 0 Å². The molecule has 0 amide bonds. The number of rotatable bonds is 0. The van der Waals surface area contributed by atoms with Crippen LogP contribution in [0.4, 0.5) is 0 Å². The van der Waals surface area contributed by atoms with Gasteiger partial charge < -0.3 is 4.74 Å². The number of ether oxygens (including phenoxy) is 1. The highest BCUT2D eigenvalue weighted by molar-refractivity contribution is 8.59. The minimum absolute atomic E-state index is 0.0150. The highest BCUT2D eigenvalue weighted by atomic mass is 33.1. The summed E-state index contributed by atoms with van der Waals surface area (Å²) in [6.07, 6.45) is 0.623. The third kappa shape index (κ3) is 3.79. The van der Waals surface area contributed by atoms with E-state index in [1.165, 1.54) is 0 Å². The van der Waals surface area contributed by atoms with Crippen molar-refractivity contribution in [2.45, 2.75) is 12.8 Å². The van der Waals surface area contributed by atoms with Crippen LogP contribution in [0.3, 0.4) is 0 Å². The van der Waals surface area contributed by atoms with Gasteiger partial charge in [-0.3, -0.25) is 9.59 Å². The molecule has 1 heterocycles. The fourth-order valence-electron chi connectivity index (χ4n) is 0.547. The van der Waals surface area contributed by atoms with Gasteiger partial charge in [0.15, 0.2) is 5.78 Å². The monoisotopic (exact) mass is 180 g/mol. The summed E-state index contributed by atoms with van der Waals surface area (Å²) in [4.78, 5) is 20.6. The lowest BCUT2D eigenvalue weighted by Crippen LogP contribution is -2.20. The van der Waals surface area contributed by atoms with E-state index in [1.54, 1.807) is 0 Å². The Bertz CT molecular complexity index is 107. The molecule has 0 spiro atoms. The van der Waals surface area contributed by atoms with Crippen LogP contribution in [-0.2, 0) is 14.3 Å². The Morgan fingerprint density at radius 2 is 1.80 bits per heavy atom. The van der Waals surface area contributed by atoms with Gasteiger partial charge in [0.05, 0.1) is 6.42 Å². The first kappa shape index (κ1) is 9.84. The molecule has 0 radical (unpaired) electrons. The fourth-order valence-corrected chi connectivity index (χ4v) is 0.547. The van der Waals surface area contributed by atoms with Gasteiger partial charge in [-0.1, -0.05) is 0 Å². The number of cyclic esters (lactones) is 1. The predicted molar refractivity (Wildman–Crippen MR) is 43.2 cm³/mol. The summed E-state index contributed by atoms with van der Waals surface area (Å²) >= 11 is 6.44. The molecule has 3 nitrogen and oxygen atoms in total. The van der Waals surface area contributed by atoms with Crippen LogP contribution in [0.1, 0.15) is 12.8 Å². The Hall–Kier alpha value is -0.160. The molecule has 0 aromatic carbocycles. The lowest BCUT2D eigenvalue weighted by Gasteiger charge is -2.07. The maximum absolute atomic E-state index is 10.3. The zero-order chi connectivity index (χ0) is 7.98. The zero-order valence-corrected chi connectivity index (χ0v) is 7.03. The molecule has 1 aliphatic rings. The van der Waals surface area contributed by atoms with Gasteiger partial charge in [-0.05, 0) is 0 Å². The Balaban J connectivity index is 0.000000371. The molecule has 0 aromatic heterocycles. The molecule has 0 unspecified atom stereocenters. The molecule has 58 valence electrons. The minimum atomic E-state index is -0.260. The quantitative estimate of drug-likeness (QED) is 0.327. The maximum atomic E-state index is 10.3. The molecule has 0 bridgehead atoms. The van der Waals surface area contributed by atoms with Crippen LogP contribution in [0.15, 0.2) is 0 Å². The number of ketones is 1. The molecule has 1 saturated heterocycles. The highest BCUT2D eigenvalue weighted by Crippen LogP contribution is 2.01. The number of hydrogen-bond donors (Lipinski definition) is 2. The molecular weight excluding hydrogens is 172 g/mol. The molecule has 0 atom stereocenters. The summed E-state index contributed by atoms with van der Waals surface area (Å²) in [6, 6.07) is 0. The number of thiol groups is 2. The van der Waals surface area contributed by atoms with Crippen LogP contribution in [0, 0.1) is 0 Å². The molecule has 0 N–H and O–H groups in total. The van der Waals surface area contributed by atoms with E-state index in [9.17, 15) is 9.59 Å². The average Bonchev–Trinajstić information content (AvgIpc) is 2.00. The van der Waals surface area contributed by atoms with E-state index in [-0.39, 0.29) is 24.8 Å². The van der Waals surface area contributed by atoms with Crippen LogP contribution >= 0.6 is 23.3 Å². The Morgan fingerprint density at radius 1 is 1.20 bits per heavy atom. The van der Waals surface area contributed by atoms with Crippen molar-refractivity contribution in [2.24, 2.45) is 0 Å². The first-order chi connectivity index (χ1) is 4.79. The molecule has 1 fully saturated rings. The van der Waals surface area contributed by atoms with E-state index in [1.807, 2.05) is 0 Å². The summed E-state index contributed by atoms with van der Waals surface area (Å²) in [5.41, 5.74) is 0. The zero-order valence-electron chi connectivity index (χ0n) is 5.24. The van der Waals surface area contributed by atoms with Crippen molar-refractivity contribution in [1.82, 2.24) is 0 Å². The first-order valence-electron chi connectivity index (χ1n) is 2.66. The van der Waals surface area contributed by atoms with Gasteiger partial charge in [0.1, 0.15) is 6.61 Å². The topological polar surface area (TPSA) is 43.4 Å². The van der Waals surface area contributed by atoms with Crippen molar-refractivity contribution in [3.63, 3.8) is 0 Å². The van der Waals surface area contributed by atoms with Crippen molar-refractivity contribution < 1.29 is 14.3 Å². The van der Waals surface area contributed by atoms with Crippen LogP contribution in [0.2, 0.25) is 0 Å². The second-order valence-electron chi connectivity index (χ2n) is 1.70. The van der Waals surface area contributed by atoms with Crippen LogP contribution in [-0.4, -0.2) is 18.4 Å². The standard InChI is InChI=1S/C5H6O3.H2S2/c6-4-1-2-5(7)8-3-4;1-2/h1-3H2;1-2H. The number of hydrogen-bond acceptors (Lipinski definition) is 5. The SMILES string of the molecule is O=C1CCC(=O)OC1.SS. The van der Waals surface area contributed by atoms with E-state index < -0.39 is 0 Å². The van der Waals surface area contributed by atoms with Crippen molar-refractivity contribution >= 4 is 35.1 Å². The number of Topliss-reactive ketones (excluding diaryl/α,β-unsaturated/α-hetero) is 1. The van der Waals surface area contributed by atoms with Crippen molar-refractivity contribution in [1.29, 1.82) is 0 Å². The number of carbonyl (C=O) groups excluding carboxylic acids is 2. The van der Waals surface area contributed by atoms with E-state index >= 15 is 0 Å². The molecule has 1 rings (SSSR count). The Kier molecular flexibility index (Phi) is 5.52. The summed E-state index contributed by atoms with van der Waals surface area (Å²) in [7, 11) is 0. The largest absolute Gasteiger partial charge is 0.458 e. The fraction of sp³-hybridized carbons (Fsp3) is 0.600. The van der Waals surface area contributed by atoms with Gasteiger partial charge in [0, 0.05) is 6.42 Å². The first-order valence-corrected chi connectivity index (χ1v) is 4.26. The maximum Gasteiger partial charge on any atom is 0.306 e. The van der Waals surface area contributed by atoms with Crippen molar-refractivity contribution in [2.75, 3.05) is 6.61 Å². The Labute approximate surface area is 69.3 Å². The average molecular weight is 180 g/mol. The molecule has 1 aliphatic heterocycles. The second kappa shape index (κ2) is 5.61. The summed E-state index contributed by atoms with van der Waals surface area (Å²) in [5.74, 6) is -0.241. The second-order valence-corrected chi connectivity index (χ2v) is 1.70. The molecule has 0 saturated carbocycles. The van der Waals surface area contributed by atoms with E-state index in [4.69, 9.17) is 0 Å². The molecular formula is C5H8O3S2. The Morgan fingerprint density at radius 3 is 2.10 bits per heavy atom. The lowest BCUT2D eigenvalue weighted by atomic mass is 10.2. The summed E-state index contributed by atoms with van der Waals surface area (Å²) in [6.45, 7) is -0.0150. The normalized spacial score (nSPS) is 17.0. The van der Waals surface area contributed by atoms with Gasteiger partial charge in [0.2, 0.25) is 0 Å². The van der Waals surface area contributed by atoms with Gasteiger partial charge in [0.25, 0.3) is 0 Å². The van der Waals surface area contributed by atoms with Gasteiger partial charge in [-0.15, -0.1) is 23.3 Å². The smallest absolute Gasteiger partial charge is 0.306 e. The molecule has 0 aliphatic carbocycles. The van der Waals surface area contributed by atoms with Gasteiger partial charge in [-0.25, -0.2) is 0 Å². The third-order valence-electron chi connectivity index (χ3n) is 1.00. The number of esters is 1. The molecule has 10 heavy (non-hydrogen) atoms. The van der Waals surface area contributed by atoms with E-state index in [0.29, 0.717) is 6.42 Å². The minimum Gasteiger partial charge on any atom is -0.458 e. The third-order valence-corrected chi connectivity index (χ3v) is 1.00. The lowest BCUT2D eigenvalue weighted by molar-refractivity contribution is -0.152. The summed E-state index contributed by atoms with van der Waals surface area (Å²) in [5, 5.41) is 0. The molecule has 0 aromatic rings. The number of carbonyl (C=O) groups is 2. The highest BCUT2D eigenvalue weighted by Gasteiger charge is 2.14. The van der Waals surface area contributed by atoms with Crippen LogP contribution in [0.5, 0.6) is 0 Å². The molecule has 5 heteroatoms. The summed E-state index contributed by atoms with van der Waals surface area (Å²) < 4.78 is 4.40. The van der Waals surface area contributed by atoms with Crippen molar-refractivity contribution in [3.8, 4) is 0 Å². The van der Waals surface area contributed by atoms with Gasteiger partial charge in [-0.2, -0.15) is 0 Å². The van der Waals surface area contributed by atoms with Gasteiger partial charge >= 0.3 is 5.97 Å². The van der Waals surface area contributed by atoms with E-state index in [2.05, 4.69) is 28.1 Å². The van der Waals surface area contributed by atoms with Crippen molar-refractivity contribution in [3.05, 3.63) is 0 Å².